The topological polar surface area (TPSA) is 56.2 Å². The maximum absolute atomic E-state index is 12.3. The minimum Gasteiger partial charge on any atom is -0.376 e. The molecule has 0 bridgehead atoms. The van der Waals surface area contributed by atoms with Gasteiger partial charge in [0.2, 0.25) is 5.91 Å². The molecule has 1 aliphatic heterocycles. The van der Waals surface area contributed by atoms with E-state index >= 15 is 0 Å². The Kier molecular flexibility index (Phi) is 7.09. The Bertz CT molecular complexity index is 820. The molecule has 27 heavy (non-hydrogen) atoms. The van der Waals surface area contributed by atoms with Crippen LogP contribution in [-0.4, -0.2) is 33.9 Å². The molecule has 1 saturated heterocycles. The summed E-state index contributed by atoms with van der Waals surface area (Å²) in [7, 11) is 0. The van der Waals surface area contributed by atoms with Crippen molar-refractivity contribution in [1.82, 2.24) is 14.9 Å². The number of nitrogens with one attached hydrogen (secondary N) is 1. The van der Waals surface area contributed by atoms with Gasteiger partial charge in [0.05, 0.1) is 24.1 Å². The third-order valence-corrected chi connectivity index (χ3v) is 6.22. The Morgan fingerprint density at radius 2 is 2.22 bits per heavy atom. The second-order valence-corrected chi connectivity index (χ2v) is 8.40. The second kappa shape index (κ2) is 9.32. The van der Waals surface area contributed by atoms with E-state index in [4.69, 9.17) is 27.9 Å². The van der Waals surface area contributed by atoms with E-state index in [-0.39, 0.29) is 12.0 Å². The Hall–Kier alpha value is -1.21. The second-order valence-electron chi connectivity index (χ2n) is 6.61. The molecule has 8 heteroatoms. The highest BCUT2D eigenvalue weighted by atomic mass is 35.5. The van der Waals surface area contributed by atoms with Gasteiger partial charge in [0, 0.05) is 28.9 Å². The Labute approximate surface area is 173 Å². The van der Waals surface area contributed by atoms with Crippen LogP contribution >= 0.6 is 35.0 Å². The fourth-order valence-electron chi connectivity index (χ4n) is 2.98. The van der Waals surface area contributed by atoms with Crippen molar-refractivity contribution in [3.63, 3.8) is 0 Å². The van der Waals surface area contributed by atoms with Gasteiger partial charge in [-0.3, -0.25) is 4.79 Å². The molecule has 5 nitrogen and oxygen atoms in total. The highest BCUT2D eigenvalue weighted by Crippen LogP contribution is 2.24. The van der Waals surface area contributed by atoms with Crippen LogP contribution in [0.4, 0.5) is 0 Å². The average Bonchev–Trinajstić information content (AvgIpc) is 3.23. The van der Waals surface area contributed by atoms with Crippen LogP contribution < -0.4 is 5.32 Å². The van der Waals surface area contributed by atoms with E-state index in [1.807, 2.05) is 13.0 Å². The van der Waals surface area contributed by atoms with E-state index in [1.165, 1.54) is 11.8 Å². The lowest BCUT2D eigenvalue weighted by Gasteiger charge is -2.14. The summed E-state index contributed by atoms with van der Waals surface area (Å²) in [5, 5.41) is 4.88. The number of amides is 1. The van der Waals surface area contributed by atoms with Gasteiger partial charge in [0.1, 0.15) is 0 Å². The number of thioether (sulfide) groups is 1. The molecule has 2 heterocycles. The fourth-order valence-corrected chi connectivity index (χ4v) is 4.39. The number of carbonyl (C=O) groups excluding carboxylic acids is 1. The lowest BCUT2D eigenvalue weighted by atomic mass is 10.2. The third-order valence-electron chi connectivity index (χ3n) is 4.66. The molecule has 1 aliphatic rings. The molecular weight excluding hydrogens is 405 g/mol. The number of ether oxygens (including phenoxy) is 1. The zero-order valence-corrected chi connectivity index (χ0v) is 17.8. The predicted molar refractivity (Wildman–Crippen MR) is 110 cm³/mol. The van der Waals surface area contributed by atoms with Crippen molar-refractivity contribution in [3.8, 4) is 0 Å². The zero-order valence-electron chi connectivity index (χ0n) is 15.4. The number of nitrogens with zero attached hydrogens (tertiary/aromatic N) is 2. The molecule has 0 saturated carbocycles. The molecule has 1 amide bonds. The number of hydrogen-bond acceptors (Lipinski definition) is 4. The number of carbonyl (C=O) groups is 1. The van der Waals surface area contributed by atoms with Crippen molar-refractivity contribution in [2.45, 2.75) is 51.0 Å². The van der Waals surface area contributed by atoms with Gasteiger partial charge in [-0.15, -0.1) is 0 Å². The molecular formula is C19H23Cl2N3O2S. The number of hydrogen-bond donors (Lipinski definition) is 1. The van der Waals surface area contributed by atoms with Gasteiger partial charge in [-0.25, -0.2) is 4.98 Å². The van der Waals surface area contributed by atoms with Crippen molar-refractivity contribution in [3.05, 3.63) is 45.2 Å². The zero-order chi connectivity index (χ0) is 19.4. The lowest BCUT2D eigenvalue weighted by Crippen LogP contribution is -2.25. The fraction of sp³-hybridized carbons (Fsp3) is 0.474. The summed E-state index contributed by atoms with van der Waals surface area (Å²) >= 11 is 13.5. The van der Waals surface area contributed by atoms with Crippen molar-refractivity contribution in [2.24, 2.45) is 0 Å². The van der Waals surface area contributed by atoms with Gasteiger partial charge in [0.25, 0.3) is 0 Å². The van der Waals surface area contributed by atoms with Crippen LogP contribution in [0.25, 0.3) is 0 Å². The van der Waals surface area contributed by atoms with E-state index in [1.54, 1.807) is 12.1 Å². The molecule has 1 fully saturated rings. The number of aromatic nitrogens is 2. The van der Waals surface area contributed by atoms with E-state index in [0.717, 1.165) is 48.1 Å². The smallest absolute Gasteiger partial charge is 0.230 e. The Morgan fingerprint density at radius 1 is 1.41 bits per heavy atom. The number of imidazole rings is 1. The first kappa shape index (κ1) is 20.5. The number of halogens is 2. The Morgan fingerprint density at radius 3 is 2.93 bits per heavy atom. The molecule has 1 aromatic carbocycles. The minimum absolute atomic E-state index is 0.0620. The monoisotopic (exact) mass is 427 g/mol. The van der Waals surface area contributed by atoms with E-state index in [0.29, 0.717) is 22.3 Å². The van der Waals surface area contributed by atoms with Crippen molar-refractivity contribution in [2.75, 3.05) is 12.4 Å². The molecule has 0 aliphatic carbocycles. The highest BCUT2D eigenvalue weighted by molar-refractivity contribution is 7.99. The van der Waals surface area contributed by atoms with Crippen LogP contribution in [-0.2, 0) is 22.6 Å². The summed E-state index contributed by atoms with van der Waals surface area (Å²) in [6, 6.07) is 5.25. The molecule has 1 atom stereocenters. The van der Waals surface area contributed by atoms with Crippen LogP contribution in [0.5, 0.6) is 0 Å². The van der Waals surface area contributed by atoms with Crippen molar-refractivity contribution < 1.29 is 9.53 Å². The molecule has 3 rings (SSSR count). The molecule has 0 radical (unpaired) electrons. The normalized spacial score (nSPS) is 16.7. The summed E-state index contributed by atoms with van der Waals surface area (Å²) in [4.78, 5) is 16.9. The minimum atomic E-state index is -0.0620. The van der Waals surface area contributed by atoms with Gasteiger partial charge in [-0.1, -0.05) is 41.0 Å². The molecule has 0 spiro atoms. The predicted octanol–water partition coefficient (Wildman–Crippen LogP) is 4.39. The van der Waals surface area contributed by atoms with E-state index in [9.17, 15) is 4.79 Å². The highest BCUT2D eigenvalue weighted by Gasteiger charge is 2.20. The Balaban J connectivity index is 1.56. The summed E-state index contributed by atoms with van der Waals surface area (Å²) in [5.74, 6) is 0.236. The third kappa shape index (κ3) is 5.41. The number of benzene rings is 1. The first-order valence-corrected chi connectivity index (χ1v) is 10.7. The quantitative estimate of drug-likeness (QED) is 0.665. The lowest BCUT2D eigenvalue weighted by molar-refractivity contribution is -0.118. The number of rotatable bonds is 7. The van der Waals surface area contributed by atoms with Gasteiger partial charge in [0.15, 0.2) is 5.16 Å². The molecule has 1 unspecified atom stereocenters. The molecule has 1 aromatic heterocycles. The molecule has 2 aromatic rings. The van der Waals surface area contributed by atoms with E-state index < -0.39 is 0 Å². The van der Waals surface area contributed by atoms with Crippen LogP contribution in [0.2, 0.25) is 10.0 Å². The van der Waals surface area contributed by atoms with Crippen LogP contribution in [0, 0.1) is 13.8 Å². The van der Waals surface area contributed by atoms with Crippen LogP contribution in [0.15, 0.2) is 23.4 Å². The standard InChI is InChI=1S/C19H23Cl2N3O2S/c1-12-13(2)24(10-16-4-3-7-26-16)19(23-12)27-11-18(25)22-9-14-5-6-15(20)8-17(14)21/h5-6,8,16H,3-4,7,9-11H2,1-2H3,(H,22,25). The SMILES string of the molecule is Cc1nc(SCC(=O)NCc2ccc(Cl)cc2Cl)n(CC2CCCO2)c1C. The first-order chi connectivity index (χ1) is 12.9. The molecule has 1 N–H and O–H groups in total. The largest absolute Gasteiger partial charge is 0.376 e. The first-order valence-electron chi connectivity index (χ1n) is 8.93. The van der Waals surface area contributed by atoms with Crippen molar-refractivity contribution >= 4 is 40.9 Å². The molecule has 146 valence electrons. The summed E-state index contributed by atoms with van der Waals surface area (Å²) in [6.07, 6.45) is 2.41. The summed E-state index contributed by atoms with van der Waals surface area (Å²) in [6.45, 7) is 6.04. The summed E-state index contributed by atoms with van der Waals surface area (Å²) < 4.78 is 7.92. The van der Waals surface area contributed by atoms with E-state index in [2.05, 4.69) is 21.8 Å². The average molecular weight is 428 g/mol. The number of aryl methyl sites for hydroxylation is 1. The van der Waals surface area contributed by atoms with Gasteiger partial charge in [-0.05, 0) is 44.4 Å². The van der Waals surface area contributed by atoms with Gasteiger partial charge < -0.3 is 14.6 Å². The van der Waals surface area contributed by atoms with Gasteiger partial charge in [-0.2, -0.15) is 0 Å². The van der Waals surface area contributed by atoms with Crippen LogP contribution in [0.1, 0.15) is 29.8 Å². The van der Waals surface area contributed by atoms with Crippen molar-refractivity contribution in [1.29, 1.82) is 0 Å². The maximum atomic E-state index is 12.3. The van der Waals surface area contributed by atoms with Gasteiger partial charge >= 0.3 is 0 Å². The summed E-state index contributed by atoms with van der Waals surface area (Å²) in [5.41, 5.74) is 2.95. The maximum Gasteiger partial charge on any atom is 0.230 e. The van der Waals surface area contributed by atoms with Crippen LogP contribution in [0.3, 0.4) is 0 Å².